The Morgan fingerprint density at radius 2 is 1.67 bits per heavy atom. The zero-order chi connectivity index (χ0) is 13.0. The zero-order valence-corrected chi connectivity index (χ0v) is 14.5. The molecule has 1 nitrogen and oxygen atoms in total. The Kier molecular flexibility index (Phi) is 5.10. The van der Waals surface area contributed by atoms with Crippen molar-refractivity contribution in [1.29, 1.82) is 0 Å². The van der Waals surface area contributed by atoms with E-state index in [4.69, 9.17) is 4.42 Å². The molecule has 2 aromatic rings. The van der Waals surface area contributed by atoms with Gasteiger partial charge in [-0.25, -0.2) is 0 Å². The van der Waals surface area contributed by atoms with Crippen LogP contribution in [0.2, 0.25) is 0 Å². The van der Waals surface area contributed by atoms with Crippen LogP contribution in [0.4, 0.5) is 0 Å². The average molecular weight is 437 g/mol. The molecule has 1 heterocycles. The van der Waals surface area contributed by atoms with Gasteiger partial charge in [-0.05, 0) is 29.8 Å². The lowest BCUT2D eigenvalue weighted by Gasteiger charge is -2.30. The van der Waals surface area contributed by atoms with Crippen LogP contribution in [0, 0.1) is 0 Å². The van der Waals surface area contributed by atoms with Gasteiger partial charge < -0.3 is 4.42 Å². The molecule has 0 aliphatic rings. The minimum atomic E-state index is 0.0125. The summed E-state index contributed by atoms with van der Waals surface area (Å²) in [7, 11) is 0. The molecule has 2 rings (SSSR count). The Morgan fingerprint density at radius 1 is 1.00 bits per heavy atom. The molecule has 0 N–H and O–H groups in total. The minimum absolute atomic E-state index is 0.0125. The third-order valence-electron chi connectivity index (χ3n) is 3.06. The van der Waals surface area contributed by atoms with Gasteiger partial charge in [0.1, 0.15) is 5.76 Å². The second-order valence-corrected chi connectivity index (χ2v) is 6.35. The highest BCUT2D eigenvalue weighted by atomic mass is 79.9. The standard InChI is InChI=1S/C14H13Br3O/c15-9-14(10-16,8-13-2-1-7-18-13)11-3-5-12(17)6-4-11/h1-7H,8-10H2. The maximum atomic E-state index is 5.49. The van der Waals surface area contributed by atoms with Gasteiger partial charge in [0.2, 0.25) is 0 Å². The highest BCUT2D eigenvalue weighted by Crippen LogP contribution is 2.33. The van der Waals surface area contributed by atoms with E-state index in [-0.39, 0.29) is 5.41 Å². The Bertz CT molecular complexity index is 472. The number of rotatable bonds is 5. The van der Waals surface area contributed by atoms with Crippen LogP contribution < -0.4 is 0 Å². The quantitative estimate of drug-likeness (QED) is 0.579. The lowest BCUT2D eigenvalue weighted by Crippen LogP contribution is -2.32. The smallest absolute Gasteiger partial charge is 0.104 e. The van der Waals surface area contributed by atoms with Gasteiger partial charge >= 0.3 is 0 Å². The summed E-state index contributed by atoms with van der Waals surface area (Å²) in [5.41, 5.74) is 1.31. The van der Waals surface area contributed by atoms with Gasteiger partial charge in [0.25, 0.3) is 0 Å². The predicted molar refractivity (Wildman–Crippen MR) is 85.8 cm³/mol. The molecule has 0 unspecified atom stereocenters. The van der Waals surface area contributed by atoms with Crippen LogP contribution in [0.5, 0.6) is 0 Å². The van der Waals surface area contributed by atoms with E-state index in [1.165, 1.54) is 5.56 Å². The topological polar surface area (TPSA) is 13.1 Å². The molecule has 18 heavy (non-hydrogen) atoms. The maximum absolute atomic E-state index is 5.49. The lowest BCUT2D eigenvalue weighted by molar-refractivity contribution is 0.443. The first-order valence-corrected chi connectivity index (χ1v) is 8.64. The fraction of sp³-hybridized carbons (Fsp3) is 0.286. The summed E-state index contributed by atoms with van der Waals surface area (Å²) >= 11 is 10.8. The van der Waals surface area contributed by atoms with E-state index in [0.717, 1.165) is 27.3 Å². The highest BCUT2D eigenvalue weighted by molar-refractivity contribution is 9.10. The second-order valence-electron chi connectivity index (χ2n) is 4.31. The number of benzene rings is 1. The molecule has 1 aromatic carbocycles. The molecule has 1 aromatic heterocycles. The first-order chi connectivity index (χ1) is 8.70. The van der Waals surface area contributed by atoms with E-state index in [9.17, 15) is 0 Å². The number of furan rings is 1. The van der Waals surface area contributed by atoms with Gasteiger partial charge in [-0.3, -0.25) is 0 Å². The fourth-order valence-corrected chi connectivity index (χ4v) is 4.17. The molecule has 0 atom stereocenters. The molecule has 0 saturated carbocycles. The molecule has 0 bridgehead atoms. The predicted octanol–water partition coefficient (Wildman–Crippen LogP) is 5.31. The highest BCUT2D eigenvalue weighted by Gasteiger charge is 2.31. The molecule has 0 fully saturated rings. The van der Waals surface area contributed by atoms with Crippen LogP contribution in [0.25, 0.3) is 0 Å². The fourth-order valence-electron chi connectivity index (χ4n) is 1.94. The van der Waals surface area contributed by atoms with Crippen molar-refractivity contribution >= 4 is 47.8 Å². The van der Waals surface area contributed by atoms with E-state index >= 15 is 0 Å². The first kappa shape index (κ1) is 14.4. The first-order valence-electron chi connectivity index (χ1n) is 5.60. The van der Waals surface area contributed by atoms with Gasteiger partial charge in [-0.2, -0.15) is 0 Å². The third kappa shape index (κ3) is 3.09. The molecule has 0 radical (unpaired) electrons. The molecule has 0 spiro atoms. The van der Waals surface area contributed by atoms with Crippen molar-refractivity contribution in [1.82, 2.24) is 0 Å². The molecule has 0 saturated heterocycles. The number of alkyl halides is 2. The van der Waals surface area contributed by atoms with Crippen LogP contribution in [0.1, 0.15) is 11.3 Å². The Hall–Kier alpha value is -0.0600. The van der Waals surface area contributed by atoms with Crippen molar-refractivity contribution in [3.8, 4) is 0 Å². The Morgan fingerprint density at radius 3 is 2.17 bits per heavy atom. The lowest BCUT2D eigenvalue weighted by atomic mass is 9.81. The number of hydrogen-bond donors (Lipinski definition) is 0. The molecule has 4 heteroatoms. The van der Waals surface area contributed by atoms with Gasteiger partial charge in [0.05, 0.1) is 6.26 Å². The second kappa shape index (κ2) is 6.40. The minimum Gasteiger partial charge on any atom is -0.469 e. The normalized spacial score (nSPS) is 11.7. The van der Waals surface area contributed by atoms with Gasteiger partial charge in [0, 0.05) is 27.0 Å². The van der Waals surface area contributed by atoms with E-state index in [2.05, 4.69) is 72.1 Å². The van der Waals surface area contributed by atoms with E-state index in [1.807, 2.05) is 12.1 Å². The van der Waals surface area contributed by atoms with Crippen LogP contribution in [0.15, 0.2) is 51.6 Å². The Labute approximate surface area is 132 Å². The summed E-state index contributed by atoms with van der Waals surface area (Å²) in [4.78, 5) is 0. The summed E-state index contributed by atoms with van der Waals surface area (Å²) in [6.45, 7) is 0. The van der Waals surface area contributed by atoms with Gasteiger partial charge in [-0.1, -0.05) is 59.9 Å². The van der Waals surface area contributed by atoms with Gasteiger partial charge in [0.15, 0.2) is 0 Å². The monoisotopic (exact) mass is 434 g/mol. The molecular weight excluding hydrogens is 424 g/mol. The molecule has 0 aliphatic carbocycles. The molecule has 0 aliphatic heterocycles. The average Bonchev–Trinajstić information content (AvgIpc) is 2.90. The van der Waals surface area contributed by atoms with E-state index < -0.39 is 0 Å². The van der Waals surface area contributed by atoms with Crippen molar-refractivity contribution < 1.29 is 4.42 Å². The van der Waals surface area contributed by atoms with Crippen LogP contribution >= 0.6 is 47.8 Å². The number of hydrogen-bond acceptors (Lipinski definition) is 1. The Balaban J connectivity index is 2.33. The van der Waals surface area contributed by atoms with Crippen molar-refractivity contribution in [2.45, 2.75) is 11.8 Å². The van der Waals surface area contributed by atoms with Crippen LogP contribution in [-0.2, 0) is 11.8 Å². The van der Waals surface area contributed by atoms with Crippen LogP contribution in [0.3, 0.4) is 0 Å². The van der Waals surface area contributed by atoms with Gasteiger partial charge in [-0.15, -0.1) is 0 Å². The van der Waals surface area contributed by atoms with Crippen molar-refractivity contribution in [2.24, 2.45) is 0 Å². The molecule has 0 amide bonds. The van der Waals surface area contributed by atoms with E-state index in [0.29, 0.717) is 0 Å². The zero-order valence-electron chi connectivity index (χ0n) is 9.70. The summed E-state index contributed by atoms with van der Waals surface area (Å²) in [5.74, 6) is 1.01. The van der Waals surface area contributed by atoms with E-state index in [1.54, 1.807) is 6.26 Å². The summed E-state index contributed by atoms with van der Waals surface area (Å²) in [5, 5.41) is 1.77. The van der Waals surface area contributed by atoms with Crippen molar-refractivity contribution in [3.05, 3.63) is 58.5 Å². The summed E-state index contributed by atoms with van der Waals surface area (Å²) < 4.78 is 6.59. The SMILES string of the molecule is BrCC(CBr)(Cc1ccco1)c1ccc(Br)cc1. The largest absolute Gasteiger partial charge is 0.469 e. The maximum Gasteiger partial charge on any atom is 0.104 e. The van der Waals surface area contributed by atoms with Crippen molar-refractivity contribution in [3.63, 3.8) is 0 Å². The summed E-state index contributed by atoms with van der Waals surface area (Å²) in [6.07, 6.45) is 2.60. The molecule has 96 valence electrons. The third-order valence-corrected chi connectivity index (χ3v) is 5.74. The van der Waals surface area contributed by atoms with Crippen molar-refractivity contribution in [2.75, 3.05) is 10.7 Å². The van der Waals surface area contributed by atoms with Crippen LogP contribution in [-0.4, -0.2) is 10.7 Å². The number of halogens is 3. The molecular formula is C14H13Br3O. The summed E-state index contributed by atoms with van der Waals surface area (Å²) in [6, 6.07) is 12.4.